The first-order valence-corrected chi connectivity index (χ1v) is 25.0. The minimum absolute atomic E-state index is 0.0241. The summed E-state index contributed by atoms with van der Waals surface area (Å²) in [5.41, 5.74) is 4.66. The quantitative estimate of drug-likeness (QED) is 0.0317. The Labute approximate surface area is 421 Å². The van der Waals surface area contributed by atoms with Crippen LogP contribution < -0.4 is 28.4 Å². The molecule has 0 bridgehead atoms. The number of benzene rings is 3. The van der Waals surface area contributed by atoms with Crippen molar-refractivity contribution in [2.75, 3.05) is 66.3 Å². The summed E-state index contributed by atoms with van der Waals surface area (Å²) in [7, 11) is 4.51. The minimum atomic E-state index is -0.608. The smallest absolute Gasteiger partial charge is 0.306 e. The number of carbonyl (C=O) groups is 6. The lowest BCUT2D eigenvalue weighted by Gasteiger charge is -2.15. The molecule has 0 N–H and O–H groups in total. The summed E-state index contributed by atoms with van der Waals surface area (Å²) >= 11 is 3.40. The first-order valence-electron chi connectivity index (χ1n) is 23.9. The number of esters is 3. The zero-order chi connectivity index (χ0) is 50.9. The number of methoxy groups -OCH3 is 3. The Kier molecular flexibility index (Phi) is 20.4. The van der Waals surface area contributed by atoms with Crippen molar-refractivity contribution < 1.29 is 75.8 Å². The van der Waals surface area contributed by atoms with Gasteiger partial charge in [-0.15, -0.1) is 0 Å². The van der Waals surface area contributed by atoms with Crippen molar-refractivity contribution >= 4 is 51.6 Å². The highest BCUT2D eigenvalue weighted by molar-refractivity contribution is 9.09. The van der Waals surface area contributed by atoms with Crippen LogP contribution in [0.5, 0.6) is 34.5 Å². The number of fused-ring (bicyclic) bond motifs is 3. The molecule has 0 saturated carbocycles. The number of carbonyl (C=O) groups excluding carboxylic acids is 6. The number of rotatable bonds is 28. The van der Waals surface area contributed by atoms with E-state index in [1.54, 1.807) is 29.9 Å². The summed E-state index contributed by atoms with van der Waals surface area (Å²) in [5.74, 6) is -0.361. The normalized spacial score (nSPS) is 13.2. The summed E-state index contributed by atoms with van der Waals surface area (Å²) in [6.45, 7) is 4.73. The average molecular weight is 1060 g/mol. The molecule has 20 heteroatoms. The fourth-order valence-electron chi connectivity index (χ4n) is 8.34. The second kappa shape index (κ2) is 26.8. The molecule has 0 radical (unpaired) electrons. The highest BCUT2D eigenvalue weighted by atomic mass is 79.9. The number of halogens is 2. The second-order valence-electron chi connectivity index (χ2n) is 17.0. The Morgan fingerprint density at radius 1 is 0.479 bits per heavy atom. The predicted octanol–water partition coefficient (Wildman–Crippen LogP) is 6.86. The fraction of sp³-hybridized carbons (Fsp3) is 0.529. The molecule has 0 spiro atoms. The molecule has 3 aliphatic heterocycles. The van der Waals surface area contributed by atoms with Crippen molar-refractivity contribution in [3.63, 3.8) is 0 Å². The molecular formula is C51H63BrFN3O15. The highest BCUT2D eigenvalue weighted by Crippen LogP contribution is 2.40. The van der Waals surface area contributed by atoms with E-state index in [2.05, 4.69) is 15.9 Å². The standard InChI is InChI=1S/C51H63BrFN3O15/c1-5-66-47(60)13-10-46(59)56-31-37-26-43(65-4)51(50(53)38(37)32-56)71-21-9-20-68-42-25-36-30-55(28-34(36)23-40(42)64-3)45(58)12-15-49(62)70-18-7-6-17-69-48(61)14-11-44(57)54-27-33-22-39(63-2)41(24-35(33)29-54)67-19-8-16-52/h22-26H,5-21,27-32H2,1-4H3. The number of ether oxygens (including phenoxy) is 9. The molecule has 3 heterocycles. The SMILES string of the molecule is CCOC(=O)CCC(=O)N1Cc2cc(OC)c(OCCCOc3cc4c(cc3OC)CN(C(=O)CCC(=O)OCCCCOC(=O)CCC(=O)N3Cc5cc(OC)c(OCCCBr)cc5C3)C4)c(F)c2C1. The van der Waals surface area contributed by atoms with E-state index in [-0.39, 0.29) is 114 Å². The van der Waals surface area contributed by atoms with Crippen LogP contribution in [0.1, 0.15) is 105 Å². The van der Waals surface area contributed by atoms with E-state index in [0.29, 0.717) is 86.2 Å². The van der Waals surface area contributed by atoms with E-state index < -0.39 is 23.7 Å². The topological polar surface area (TPSA) is 195 Å². The molecule has 3 aliphatic rings. The van der Waals surface area contributed by atoms with Crippen molar-refractivity contribution in [1.82, 2.24) is 14.7 Å². The summed E-state index contributed by atoms with van der Waals surface area (Å²) < 4.78 is 65.5. The lowest BCUT2D eigenvalue weighted by molar-refractivity contribution is -0.148. The molecule has 0 saturated heterocycles. The highest BCUT2D eigenvalue weighted by Gasteiger charge is 2.31. The van der Waals surface area contributed by atoms with Gasteiger partial charge in [0.15, 0.2) is 40.3 Å². The lowest BCUT2D eigenvalue weighted by Crippen LogP contribution is -2.26. The summed E-state index contributed by atoms with van der Waals surface area (Å²) in [6.07, 6.45) is 1.91. The molecule has 0 atom stereocenters. The number of unbranched alkanes of at least 4 members (excludes halogenated alkanes) is 1. The van der Waals surface area contributed by atoms with Crippen LogP contribution in [0.2, 0.25) is 0 Å². The van der Waals surface area contributed by atoms with E-state index in [1.165, 1.54) is 19.1 Å². The Hall–Kier alpha value is -6.31. The molecule has 3 aromatic rings. The van der Waals surface area contributed by atoms with Crippen LogP contribution in [-0.4, -0.2) is 117 Å². The molecule has 3 aromatic carbocycles. The van der Waals surface area contributed by atoms with E-state index in [9.17, 15) is 28.8 Å². The van der Waals surface area contributed by atoms with Gasteiger partial charge in [-0.1, -0.05) is 15.9 Å². The van der Waals surface area contributed by atoms with Gasteiger partial charge in [0.2, 0.25) is 17.7 Å². The average Bonchev–Trinajstić information content (AvgIpc) is 4.12. The Morgan fingerprint density at radius 3 is 1.32 bits per heavy atom. The number of hydrogen-bond acceptors (Lipinski definition) is 15. The number of hydrogen-bond donors (Lipinski definition) is 0. The molecule has 0 aliphatic carbocycles. The van der Waals surface area contributed by atoms with Gasteiger partial charge in [-0.25, -0.2) is 4.39 Å². The summed E-state index contributed by atoms with van der Waals surface area (Å²) in [4.78, 5) is 80.2. The van der Waals surface area contributed by atoms with Gasteiger partial charge in [0.1, 0.15) is 0 Å². The molecule has 71 heavy (non-hydrogen) atoms. The van der Waals surface area contributed by atoms with Crippen LogP contribution in [-0.2, 0) is 82.2 Å². The van der Waals surface area contributed by atoms with Crippen LogP contribution in [0, 0.1) is 5.82 Å². The van der Waals surface area contributed by atoms with Crippen molar-refractivity contribution in [2.45, 2.75) is 110 Å². The van der Waals surface area contributed by atoms with Crippen LogP contribution in [0.4, 0.5) is 4.39 Å². The molecule has 0 unspecified atom stereocenters. The van der Waals surface area contributed by atoms with Crippen LogP contribution in [0.25, 0.3) is 0 Å². The molecule has 6 rings (SSSR count). The zero-order valence-corrected chi connectivity index (χ0v) is 42.5. The number of nitrogens with zero attached hydrogens (tertiary/aromatic N) is 3. The van der Waals surface area contributed by atoms with Gasteiger partial charge in [-0.05, 0) is 84.3 Å². The third-order valence-electron chi connectivity index (χ3n) is 12.1. The molecule has 0 aromatic heterocycles. The third-order valence-corrected chi connectivity index (χ3v) is 12.7. The van der Waals surface area contributed by atoms with Crippen molar-refractivity contribution in [2.24, 2.45) is 0 Å². The van der Waals surface area contributed by atoms with E-state index >= 15 is 4.39 Å². The van der Waals surface area contributed by atoms with Gasteiger partial charge >= 0.3 is 17.9 Å². The first-order chi connectivity index (χ1) is 34.3. The van der Waals surface area contributed by atoms with Gasteiger partial charge in [-0.2, -0.15) is 0 Å². The minimum Gasteiger partial charge on any atom is -0.493 e. The monoisotopic (exact) mass is 1060 g/mol. The summed E-state index contributed by atoms with van der Waals surface area (Å²) in [5, 5.41) is 0.825. The maximum absolute atomic E-state index is 15.7. The van der Waals surface area contributed by atoms with Crippen molar-refractivity contribution in [3.8, 4) is 34.5 Å². The largest absolute Gasteiger partial charge is 0.493 e. The van der Waals surface area contributed by atoms with E-state index in [1.807, 2.05) is 24.3 Å². The Balaban J connectivity index is 0.835. The van der Waals surface area contributed by atoms with Gasteiger partial charge < -0.3 is 57.3 Å². The molecule has 386 valence electrons. The third kappa shape index (κ3) is 14.9. The Bertz CT molecular complexity index is 2400. The molecule has 18 nitrogen and oxygen atoms in total. The van der Waals surface area contributed by atoms with E-state index in [0.717, 1.165) is 34.0 Å². The van der Waals surface area contributed by atoms with Gasteiger partial charge in [-0.3, -0.25) is 28.8 Å². The van der Waals surface area contributed by atoms with Crippen molar-refractivity contribution in [3.05, 3.63) is 69.5 Å². The summed E-state index contributed by atoms with van der Waals surface area (Å²) in [6, 6.07) is 9.10. The van der Waals surface area contributed by atoms with Crippen LogP contribution in [0.15, 0.2) is 30.3 Å². The molecular weight excluding hydrogens is 993 g/mol. The Morgan fingerprint density at radius 2 is 0.873 bits per heavy atom. The molecule has 0 fully saturated rings. The van der Waals surface area contributed by atoms with Gasteiger partial charge in [0.25, 0.3) is 0 Å². The van der Waals surface area contributed by atoms with Gasteiger partial charge in [0.05, 0.1) is 80.2 Å². The number of amides is 3. The zero-order valence-electron chi connectivity index (χ0n) is 40.9. The van der Waals surface area contributed by atoms with Crippen molar-refractivity contribution in [1.29, 1.82) is 0 Å². The maximum Gasteiger partial charge on any atom is 0.306 e. The van der Waals surface area contributed by atoms with E-state index in [4.69, 9.17) is 42.6 Å². The molecule has 3 amide bonds. The fourth-order valence-corrected chi connectivity index (χ4v) is 8.57. The van der Waals surface area contributed by atoms with Gasteiger partial charge in [0, 0.05) is 75.8 Å². The number of alkyl halides is 1. The first kappa shape index (κ1) is 54.0. The maximum atomic E-state index is 15.7. The van der Waals surface area contributed by atoms with Crippen LogP contribution in [0.3, 0.4) is 0 Å². The predicted molar refractivity (Wildman–Crippen MR) is 257 cm³/mol. The second-order valence-corrected chi connectivity index (χ2v) is 17.8. The van der Waals surface area contributed by atoms with Crippen LogP contribution >= 0.6 is 15.9 Å². The lowest BCUT2D eigenvalue weighted by atomic mass is 10.1.